The molecular formula is C23H33N5O3S. The van der Waals surface area contributed by atoms with E-state index in [1.54, 1.807) is 16.2 Å². The van der Waals surface area contributed by atoms with Gasteiger partial charge in [0.05, 0.1) is 6.54 Å². The number of fused-ring (bicyclic) bond motifs is 1. The molecule has 0 bridgehead atoms. The average Bonchev–Trinajstić information content (AvgIpc) is 3.45. The summed E-state index contributed by atoms with van der Waals surface area (Å²) in [6.45, 7) is 5.60. The van der Waals surface area contributed by atoms with Crippen molar-refractivity contribution in [2.45, 2.75) is 77.4 Å². The molecule has 0 unspecified atom stereocenters. The first-order chi connectivity index (χ1) is 15.4. The molecule has 3 heterocycles. The number of nitrogens with zero attached hydrogens (tertiary/aromatic N) is 3. The highest BCUT2D eigenvalue weighted by atomic mass is 32.1. The van der Waals surface area contributed by atoms with Crippen molar-refractivity contribution >= 4 is 28.7 Å². The normalized spacial score (nSPS) is 19.2. The van der Waals surface area contributed by atoms with Gasteiger partial charge in [-0.15, -0.1) is 11.3 Å². The minimum atomic E-state index is -0.577. The molecule has 3 N–H and O–H groups in total. The van der Waals surface area contributed by atoms with Crippen molar-refractivity contribution in [1.29, 1.82) is 0 Å². The second kappa shape index (κ2) is 9.62. The van der Waals surface area contributed by atoms with Crippen LogP contribution in [0.1, 0.15) is 68.9 Å². The van der Waals surface area contributed by atoms with Gasteiger partial charge in [0.25, 0.3) is 5.56 Å². The molecule has 2 aliphatic rings. The Balaban J connectivity index is 1.67. The van der Waals surface area contributed by atoms with E-state index >= 15 is 0 Å². The third-order valence-electron chi connectivity index (χ3n) is 6.89. The maximum atomic E-state index is 13.7. The van der Waals surface area contributed by atoms with Gasteiger partial charge in [0.2, 0.25) is 5.91 Å². The minimum Gasteiger partial charge on any atom is -0.383 e. The first-order valence-electron chi connectivity index (χ1n) is 11.7. The van der Waals surface area contributed by atoms with Crippen molar-refractivity contribution in [2.75, 3.05) is 23.7 Å². The smallest absolute Gasteiger partial charge is 0.330 e. The molecule has 1 aliphatic heterocycles. The number of aromatic nitrogens is 2. The van der Waals surface area contributed by atoms with Crippen LogP contribution >= 0.6 is 11.3 Å². The van der Waals surface area contributed by atoms with Crippen LogP contribution in [0.5, 0.6) is 0 Å². The molecule has 2 aromatic heterocycles. The number of aromatic amines is 1. The van der Waals surface area contributed by atoms with E-state index in [9.17, 15) is 14.4 Å². The first kappa shape index (κ1) is 22.8. The summed E-state index contributed by atoms with van der Waals surface area (Å²) in [7, 11) is 0. The molecule has 2 aromatic rings. The van der Waals surface area contributed by atoms with Gasteiger partial charge in [-0.3, -0.25) is 24.0 Å². The number of rotatable bonds is 7. The van der Waals surface area contributed by atoms with Crippen molar-refractivity contribution in [3.63, 3.8) is 0 Å². The lowest BCUT2D eigenvalue weighted by molar-refractivity contribution is -0.120. The summed E-state index contributed by atoms with van der Waals surface area (Å²) in [6, 6.07) is 2.22. The molecule has 1 amide bonds. The molecule has 4 rings (SSSR count). The van der Waals surface area contributed by atoms with Gasteiger partial charge in [-0.1, -0.05) is 26.2 Å². The number of unbranched alkanes of at least 4 members (excludes halogenated alkanes) is 1. The highest BCUT2D eigenvalue weighted by Crippen LogP contribution is 2.34. The Morgan fingerprint density at radius 2 is 2.06 bits per heavy atom. The summed E-state index contributed by atoms with van der Waals surface area (Å²) >= 11 is 1.77. The number of nitrogen functional groups attached to an aromatic ring is 1. The lowest BCUT2D eigenvalue weighted by Gasteiger charge is -2.36. The summed E-state index contributed by atoms with van der Waals surface area (Å²) in [4.78, 5) is 46.6. The summed E-state index contributed by atoms with van der Waals surface area (Å²) in [6.07, 6.45) is 6.29. The molecule has 1 aliphatic carbocycles. The van der Waals surface area contributed by atoms with Crippen LogP contribution < -0.4 is 21.9 Å². The fourth-order valence-corrected chi connectivity index (χ4v) is 6.01. The Morgan fingerprint density at radius 3 is 2.78 bits per heavy atom. The molecule has 174 valence electrons. The summed E-state index contributed by atoms with van der Waals surface area (Å²) < 4.78 is 1.40. The third-order valence-corrected chi connectivity index (χ3v) is 7.89. The maximum Gasteiger partial charge on any atom is 0.330 e. The van der Waals surface area contributed by atoms with E-state index in [-0.39, 0.29) is 36.0 Å². The van der Waals surface area contributed by atoms with Crippen molar-refractivity contribution < 1.29 is 4.79 Å². The number of nitrogens with one attached hydrogen (secondary N) is 1. The van der Waals surface area contributed by atoms with Crippen LogP contribution in [0.3, 0.4) is 0 Å². The molecule has 8 nitrogen and oxygen atoms in total. The first-order valence-corrected chi connectivity index (χ1v) is 12.5. The second-order valence-electron chi connectivity index (χ2n) is 8.90. The predicted molar refractivity (Wildman–Crippen MR) is 128 cm³/mol. The van der Waals surface area contributed by atoms with Crippen molar-refractivity contribution in [3.8, 4) is 0 Å². The van der Waals surface area contributed by atoms with Crippen LogP contribution in [0, 0.1) is 0 Å². The number of hydrogen-bond donors (Lipinski definition) is 2. The van der Waals surface area contributed by atoms with Gasteiger partial charge in [-0.2, -0.15) is 0 Å². The lowest BCUT2D eigenvalue weighted by atomic mass is 10.0. The highest BCUT2D eigenvalue weighted by Gasteiger charge is 2.35. The van der Waals surface area contributed by atoms with Crippen LogP contribution in [0.2, 0.25) is 0 Å². The zero-order valence-electron chi connectivity index (χ0n) is 18.9. The number of hydrogen-bond acceptors (Lipinski definition) is 6. The molecule has 0 saturated heterocycles. The van der Waals surface area contributed by atoms with Crippen LogP contribution in [-0.2, 0) is 17.8 Å². The van der Waals surface area contributed by atoms with E-state index in [1.165, 1.54) is 15.0 Å². The van der Waals surface area contributed by atoms with Crippen molar-refractivity contribution in [1.82, 2.24) is 14.5 Å². The van der Waals surface area contributed by atoms with E-state index in [0.717, 1.165) is 51.5 Å². The molecule has 1 atom stereocenters. The summed E-state index contributed by atoms with van der Waals surface area (Å²) in [5.41, 5.74) is 6.71. The Kier molecular flexibility index (Phi) is 6.85. The van der Waals surface area contributed by atoms with E-state index < -0.39 is 11.2 Å². The van der Waals surface area contributed by atoms with Gasteiger partial charge < -0.3 is 10.6 Å². The van der Waals surface area contributed by atoms with E-state index in [2.05, 4.69) is 28.3 Å². The number of amides is 1. The Labute approximate surface area is 192 Å². The average molecular weight is 460 g/mol. The Morgan fingerprint density at radius 1 is 1.31 bits per heavy atom. The topological polar surface area (TPSA) is 104 Å². The van der Waals surface area contributed by atoms with E-state index in [1.807, 2.05) is 6.92 Å². The molecule has 1 fully saturated rings. The van der Waals surface area contributed by atoms with E-state index in [0.29, 0.717) is 6.54 Å². The van der Waals surface area contributed by atoms with Gasteiger partial charge in [0, 0.05) is 30.1 Å². The molecular weight excluding hydrogens is 426 g/mol. The quantitative estimate of drug-likeness (QED) is 0.663. The standard InChI is InChI=1S/C23H33N5O3S/c1-3-4-11-27-21(24)20(22(30)25-23(27)31)28(16-7-5-6-8-16)19(29)14-26-12-9-18-17(15(26)2)10-13-32-18/h10,13,15-16H,3-9,11-12,14,24H2,1-2H3,(H,25,30,31)/t15-/m1/s1. The van der Waals surface area contributed by atoms with Crippen LogP contribution in [0.25, 0.3) is 0 Å². The van der Waals surface area contributed by atoms with Crippen LogP contribution in [-0.4, -0.2) is 39.5 Å². The number of thiophene rings is 1. The largest absolute Gasteiger partial charge is 0.383 e. The zero-order chi connectivity index (χ0) is 22.8. The van der Waals surface area contributed by atoms with Gasteiger partial charge in [-0.05, 0) is 49.6 Å². The van der Waals surface area contributed by atoms with Crippen molar-refractivity contribution in [3.05, 3.63) is 42.7 Å². The van der Waals surface area contributed by atoms with Crippen molar-refractivity contribution in [2.24, 2.45) is 0 Å². The predicted octanol–water partition coefficient (Wildman–Crippen LogP) is 2.88. The molecule has 0 spiro atoms. The fraction of sp³-hybridized carbons (Fsp3) is 0.609. The van der Waals surface area contributed by atoms with Crippen LogP contribution in [0.4, 0.5) is 11.5 Å². The number of carbonyl (C=O) groups is 1. The Bertz CT molecular complexity index is 1080. The molecule has 1 saturated carbocycles. The van der Waals surface area contributed by atoms with E-state index in [4.69, 9.17) is 5.73 Å². The van der Waals surface area contributed by atoms with Gasteiger partial charge in [0.1, 0.15) is 5.82 Å². The molecule has 9 heteroatoms. The monoisotopic (exact) mass is 459 g/mol. The SMILES string of the molecule is CCCCn1c(N)c(N(C(=O)CN2CCc3sccc3[C@H]2C)C2CCCC2)c(=O)[nH]c1=O. The molecule has 0 radical (unpaired) electrons. The van der Waals surface area contributed by atoms with Gasteiger partial charge in [0.15, 0.2) is 5.69 Å². The Hall–Kier alpha value is -2.39. The summed E-state index contributed by atoms with van der Waals surface area (Å²) in [5, 5.41) is 2.11. The van der Waals surface area contributed by atoms with Gasteiger partial charge >= 0.3 is 5.69 Å². The number of H-pyrrole nitrogens is 1. The maximum absolute atomic E-state index is 13.7. The minimum absolute atomic E-state index is 0.0696. The zero-order valence-corrected chi connectivity index (χ0v) is 19.7. The third kappa shape index (κ3) is 4.28. The molecule has 0 aromatic carbocycles. The number of carbonyl (C=O) groups excluding carboxylic acids is 1. The summed E-state index contributed by atoms with van der Waals surface area (Å²) in [5.74, 6) is -0.0282. The van der Waals surface area contributed by atoms with Gasteiger partial charge in [-0.25, -0.2) is 4.79 Å². The molecule has 32 heavy (non-hydrogen) atoms. The highest BCUT2D eigenvalue weighted by molar-refractivity contribution is 7.10. The van der Waals surface area contributed by atoms with Crippen LogP contribution in [0.15, 0.2) is 21.0 Å². The lowest BCUT2D eigenvalue weighted by Crippen LogP contribution is -2.50. The fourth-order valence-electron chi connectivity index (χ4n) is 5.05. The second-order valence-corrected chi connectivity index (χ2v) is 9.90. The number of nitrogens with two attached hydrogens (primary N) is 1. The number of anilines is 2.